The van der Waals surface area contributed by atoms with Crippen LogP contribution in [0.2, 0.25) is 5.02 Å². The molecular formula is C15H12ClN3O4S. The lowest BCUT2D eigenvalue weighted by atomic mass is 10.2. The number of nitrogens with zero attached hydrogens (tertiary/aromatic N) is 1. The second kappa shape index (κ2) is 7.71. The van der Waals surface area contributed by atoms with E-state index in [-0.39, 0.29) is 27.1 Å². The van der Waals surface area contributed by atoms with Crippen molar-refractivity contribution >= 4 is 46.2 Å². The van der Waals surface area contributed by atoms with E-state index in [4.69, 9.17) is 28.6 Å². The summed E-state index contributed by atoms with van der Waals surface area (Å²) in [4.78, 5) is 22.7. The lowest BCUT2D eigenvalue weighted by Crippen LogP contribution is -2.34. The molecule has 0 aliphatic rings. The average Bonchev–Trinajstić information content (AvgIpc) is 2.56. The monoisotopic (exact) mass is 365 g/mol. The lowest BCUT2D eigenvalue weighted by Gasteiger charge is -2.11. The fourth-order valence-electron chi connectivity index (χ4n) is 1.92. The molecule has 0 bridgehead atoms. The molecule has 0 aromatic heterocycles. The molecule has 2 aromatic rings. The summed E-state index contributed by atoms with van der Waals surface area (Å²) in [6, 6.07) is 10.7. The molecule has 24 heavy (non-hydrogen) atoms. The third kappa shape index (κ3) is 4.18. The molecule has 7 nitrogen and oxygen atoms in total. The third-order valence-corrected chi connectivity index (χ3v) is 3.42. The maximum absolute atomic E-state index is 12.2. The van der Waals surface area contributed by atoms with Crippen LogP contribution in [-0.2, 0) is 0 Å². The SMILES string of the molecule is COc1ccccc1C(=O)NC(=S)Nc1ccc(Cl)cc1[N+](=O)[O-]. The second-order valence-corrected chi connectivity index (χ2v) is 5.37. The first-order valence-corrected chi connectivity index (χ1v) is 7.40. The molecule has 0 heterocycles. The van der Waals surface area contributed by atoms with Crippen LogP contribution >= 0.6 is 23.8 Å². The van der Waals surface area contributed by atoms with Gasteiger partial charge in [0.1, 0.15) is 11.4 Å². The number of carbonyl (C=O) groups is 1. The van der Waals surface area contributed by atoms with E-state index in [1.54, 1.807) is 24.3 Å². The Morgan fingerprint density at radius 2 is 2.00 bits per heavy atom. The Labute approximate surface area is 147 Å². The first kappa shape index (κ1) is 17.6. The largest absolute Gasteiger partial charge is 0.496 e. The molecular weight excluding hydrogens is 354 g/mol. The molecule has 2 rings (SSSR count). The number of nitro groups is 1. The maximum atomic E-state index is 12.2. The fraction of sp³-hybridized carbons (Fsp3) is 0.0667. The Balaban J connectivity index is 2.14. The molecule has 0 fully saturated rings. The van der Waals surface area contributed by atoms with Gasteiger partial charge in [-0.1, -0.05) is 23.7 Å². The number of nitrogens with one attached hydrogen (secondary N) is 2. The van der Waals surface area contributed by atoms with Crippen LogP contribution in [0.4, 0.5) is 11.4 Å². The van der Waals surface area contributed by atoms with Gasteiger partial charge in [0, 0.05) is 11.1 Å². The van der Waals surface area contributed by atoms with Gasteiger partial charge >= 0.3 is 0 Å². The molecule has 0 aliphatic carbocycles. The van der Waals surface area contributed by atoms with Gasteiger partial charge in [-0.2, -0.15) is 0 Å². The Kier molecular flexibility index (Phi) is 5.67. The van der Waals surface area contributed by atoms with Gasteiger partial charge in [-0.3, -0.25) is 20.2 Å². The Bertz CT molecular complexity index is 813. The predicted octanol–water partition coefficient (Wildman–Crippen LogP) is 3.38. The van der Waals surface area contributed by atoms with E-state index in [1.165, 1.54) is 25.3 Å². The number of hydrogen-bond acceptors (Lipinski definition) is 5. The summed E-state index contributed by atoms with van der Waals surface area (Å²) in [7, 11) is 1.44. The number of halogens is 1. The van der Waals surface area contributed by atoms with E-state index in [0.717, 1.165) is 0 Å². The number of anilines is 1. The number of thiocarbonyl (C=S) groups is 1. The van der Waals surface area contributed by atoms with E-state index in [9.17, 15) is 14.9 Å². The standard InChI is InChI=1S/C15H12ClN3O4S/c1-23-13-5-3-2-4-10(13)14(20)18-15(24)17-11-7-6-9(16)8-12(11)19(21)22/h2-8H,1H3,(H2,17,18,20,24). The Morgan fingerprint density at radius 1 is 1.29 bits per heavy atom. The number of ether oxygens (including phenoxy) is 1. The van der Waals surface area contributed by atoms with Crippen LogP contribution in [0.25, 0.3) is 0 Å². The van der Waals surface area contributed by atoms with E-state index < -0.39 is 10.8 Å². The molecule has 0 aliphatic heterocycles. The highest BCUT2D eigenvalue weighted by atomic mass is 35.5. The Morgan fingerprint density at radius 3 is 2.67 bits per heavy atom. The summed E-state index contributed by atoms with van der Waals surface area (Å²) in [6.45, 7) is 0. The second-order valence-electron chi connectivity index (χ2n) is 4.53. The number of para-hydroxylation sites is 1. The van der Waals surface area contributed by atoms with Crippen molar-refractivity contribution in [1.82, 2.24) is 5.32 Å². The maximum Gasteiger partial charge on any atom is 0.294 e. The van der Waals surface area contributed by atoms with Gasteiger partial charge in [0.15, 0.2) is 5.11 Å². The number of nitro benzene ring substituents is 1. The van der Waals surface area contributed by atoms with Crippen LogP contribution < -0.4 is 15.4 Å². The smallest absolute Gasteiger partial charge is 0.294 e. The van der Waals surface area contributed by atoms with E-state index in [0.29, 0.717) is 5.75 Å². The summed E-state index contributed by atoms with van der Waals surface area (Å²) < 4.78 is 5.10. The summed E-state index contributed by atoms with van der Waals surface area (Å²) in [5.74, 6) is -0.114. The quantitative estimate of drug-likeness (QED) is 0.490. The highest BCUT2D eigenvalue weighted by Crippen LogP contribution is 2.27. The molecule has 0 radical (unpaired) electrons. The van der Waals surface area contributed by atoms with Gasteiger partial charge in [-0.25, -0.2) is 0 Å². The molecule has 1 amide bonds. The van der Waals surface area contributed by atoms with E-state index in [2.05, 4.69) is 10.6 Å². The van der Waals surface area contributed by atoms with Gasteiger partial charge in [0.25, 0.3) is 11.6 Å². The summed E-state index contributed by atoms with van der Waals surface area (Å²) in [6.07, 6.45) is 0. The normalized spacial score (nSPS) is 9.92. The molecule has 0 unspecified atom stereocenters. The van der Waals surface area contributed by atoms with Crippen LogP contribution in [0.5, 0.6) is 5.75 Å². The van der Waals surface area contributed by atoms with Gasteiger partial charge in [-0.15, -0.1) is 0 Å². The zero-order valence-electron chi connectivity index (χ0n) is 12.4. The van der Waals surface area contributed by atoms with Crippen molar-refractivity contribution in [3.8, 4) is 5.75 Å². The first-order valence-electron chi connectivity index (χ1n) is 6.61. The molecule has 9 heteroatoms. The third-order valence-electron chi connectivity index (χ3n) is 2.98. The zero-order valence-corrected chi connectivity index (χ0v) is 14.0. The van der Waals surface area contributed by atoms with Crippen LogP contribution in [0, 0.1) is 10.1 Å². The molecule has 0 saturated carbocycles. The lowest BCUT2D eigenvalue weighted by molar-refractivity contribution is -0.383. The minimum atomic E-state index is -0.598. The van der Waals surface area contributed by atoms with Gasteiger partial charge < -0.3 is 10.1 Å². The highest BCUT2D eigenvalue weighted by molar-refractivity contribution is 7.80. The van der Waals surface area contributed by atoms with Crippen LogP contribution in [0.1, 0.15) is 10.4 Å². The van der Waals surface area contributed by atoms with Crippen molar-refractivity contribution in [3.63, 3.8) is 0 Å². The minimum absolute atomic E-state index is 0.0867. The first-order chi connectivity index (χ1) is 11.4. The molecule has 0 atom stereocenters. The Hall–Kier alpha value is -2.71. The minimum Gasteiger partial charge on any atom is -0.496 e. The van der Waals surface area contributed by atoms with Crippen molar-refractivity contribution < 1.29 is 14.5 Å². The fourth-order valence-corrected chi connectivity index (χ4v) is 2.29. The summed E-state index contributed by atoms with van der Waals surface area (Å²) in [5.41, 5.74) is 0.154. The van der Waals surface area contributed by atoms with Gasteiger partial charge in [-0.05, 0) is 36.5 Å². The number of methoxy groups -OCH3 is 1. The molecule has 0 saturated heterocycles. The van der Waals surface area contributed by atoms with E-state index >= 15 is 0 Å². The van der Waals surface area contributed by atoms with Crippen molar-refractivity contribution in [2.45, 2.75) is 0 Å². The molecule has 2 aromatic carbocycles. The number of benzene rings is 2. The summed E-state index contributed by atoms with van der Waals surface area (Å²) >= 11 is 10.8. The van der Waals surface area contributed by atoms with Crippen LogP contribution in [0.3, 0.4) is 0 Å². The number of amides is 1. The topological polar surface area (TPSA) is 93.5 Å². The van der Waals surface area contributed by atoms with Crippen molar-refractivity contribution in [2.24, 2.45) is 0 Å². The highest BCUT2D eigenvalue weighted by Gasteiger charge is 2.17. The summed E-state index contributed by atoms with van der Waals surface area (Å²) in [5, 5.41) is 16.2. The molecule has 2 N–H and O–H groups in total. The molecule has 0 spiro atoms. The van der Waals surface area contributed by atoms with Crippen molar-refractivity contribution in [2.75, 3.05) is 12.4 Å². The van der Waals surface area contributed by atoms with Crippen LogP contribution in [0.15, 0.2) is 42.5 Å². The van der Waals surface area contributed by atoms with Crippen molar-refractivity contribution in [1.29, 1.82) is 0 Å². The van der Waals surface area contributed by atoms with Gasteiger partial charge in [0.2, 0.25) is 0 Å². The van der Waals surface area contributed by atoms with Crippen LogP contribution in [-0.4, -0.2) is 23.1 Å². The number of hydrogen-bond donors (Lipinski definition) is 2. The number of rotatable bonds is 4. The molecule has 124 valence electrons. The average molecular weight is 366 g/mol. The van der Waals surface area contributed by atoms with E-state index in [1.807, 2.05) is 0 Å². The van der Waals surface area contributed by atoms with Crippen molar-refractivity contribution in [3.05, 3.63) is 63.2 Å². The number of carbonyl (C=O) groups excluding carboxylic acids is 1. The predicted molar refractivity (Wildman–Crippen MR) is 94.8 cm³/mol. The van der Waals surface area contributed by atoms with Gasteiger partial charge in [0.05, 0.1) is 17.6 Å². The zero-order chi connectivity index (χ0) is 17.7.